The van der Waals surface area contributed by atoms with Gasteiger partial charge in [-0.15, -0.1) is 0 Å². The van der Waals surface area contributed by atoms with Gasteiger partial charge in [0.1, 0.15) is 4.90 Å². The lowest BCUT2D eigenvalue weighted by Crippen LogP contribution is -2.41. The minimum atomic E-state index is -3.51. The summed E-state index contributed by atoms with van der Waals surface area (Å²) in [5.74, 6) is 0.0798. The van der Waals surface area contributed by atoms with Gasteiger partial charge in [-0.1, -0.05) is 6.42 Å². The SMILES string of the molecule is Cc1c(S(=O)(=O)N(C)C2CCC2)c(N)nn1C. The van der Waals surface area contributed by atoms with Crippen LogP contribution in [0, 0.1) is 6.92 Å². The van der Waals surface area contributed by atoms with Crippen LogP contribution in [-0.2, 0) is 17.1 Å². The maximum absolute atomic E-state index is 12.4. The molecule has 1 aliphatic rings. The average Bonchev–Trinajstić information content (AvgIpc) is 2.38. The lowest BCUT2D eigenvalue weighted by atomic mass is 9.94. The van der Waals surface area contributed by atoms with Gasteiger partial charge in [-0.3, -0.25) is 4.68 Å². The maximum Gasteiger partial charge on any atom is 0.248 e. The van der Waals surface area contributed by atoms with Crippen LogP contribution in [0.25, 0.3) is 0 Å². The van der Waals surface area contributed by atoms with Gasteiger partial charge in [-0.25, -0.2) is 8.42 Å². The van der Waals surface area contributed by atoms with Crippen molar-refractivity contribution in [2.75, 3.05) is 12.8 Å². The molecule has 0 bridgehead atoms. The first-order valence-corrected chi connectivity index (χ1v) is 7.07. The summed E-state index contributed by atoms with van der Waals surface area (Å²) in [6, 6.07) is 0.110. The topological polar surface area (TPSA) is 81.2 Å². The zero-order chi connectivity index (χ0) is 12.8. The molecule has 0 atom stereocenters. The molecule has 0 amide bonds. The van der Waals surface area contributed by atoms with Gasteiger partial charge >= 0.3 is 0 Å². The highest BCUT2D eigenvalue weighted by atomic mass is 32.2. The van der Waals surface area contributed by atoms with Crippen molar-refractivity contribution in [1.29, 1.82) is 0 Å². The molecule has 1 heterocycles. The number of nitrogen functional groups attached to an aromatic ring is 1. The van der Waals surface area contributed by atoms with Crippen LogP contribution in [0.2, 0.25) is 0 Å². The molecular weight excluding hydrogens is 240 g/mol. The number of aromatic nitrogens is 2. The van der Waals surface area contributed by atoms with Gasteiger partial charge in [0.25, 0.3) is 0 Å². The number of hydrogen-bond acceptors (Lipinski definition) is 4. The predicted molar refractivity (Wildman–Crippen MR) is 64.9 cm³/mol. The summed E-state index contributed by atoms with van der Waals surface area (Å²) in [6.45, 7) is 1.71. The van der Waals surface area contributed by atoms with Crippen molar-refractivity contribution >= 4 is 15.8 Å². The molecule has 7 heteroatoms. The molecule has 0 spiro atoms. The van der Waals surface area contributed by atoms with Crippen LogP contribution in [0.4, 0.5) is 5.82 Å². The van der Waals surface area contributed by atoms with Gasteiger partial charge in [-0.05, 0) is 19.8 Å². The van der Waals surface area contributed by atoms with Crippen LogP contribution in [0.5, 0.6) is 0 Å². The first-order valence-electron chi connectivity index (χ1n) is 5.63. The Morgan fingerprint density at radius 3 is 2.41 bits per heavy atom. The highest BCUT2D eigenvalue weighted by molar-refractivity contribution is 7.89. The third kappa shape index (κ3) is 1.83. The summed E-state index contributed by atoms with van der Waals surface area (Å²) in [7, 11) is -0.210. The Morgan fingerprint density at radius 1 is 1.47 bits per heavy atom. The molecule has 6 nitrogen and oxygen atoms in total. The number of nitrogens with zero attached hydrogens (tertiary/aromatic N) is 3. The lowest BCUT2D eigenvalue weighted by Gasteiger charge is -2.33. The quantitative estimate of drug-likeness (QED) is 0.855. The van der Waals surface area contributed by atoms with Crippen LogP contribution in [-0.4, -0.2) is 35.6 Å². The number of hydrogen-bond donors (Lipinski definition) is 1. The molecule has 96 valence electrons. The van der Waals surface area contributed by atoms with E-state index in [4.69, 9.17) is 5.73 Å². The highest BCUT2D eigenvalue weighted by Gasteiger charge is 2.35. The monoisotopic (exact) mass is 258 g/mol. The van der Waals surface area contributed by atoms with Gasteiger partial charge in [0.05, 0.1) is 5.69 Å². The largest absolute Gasteiger partial charge is 0.381 e. The van der Waals surface area contributed by atoms with E-state index in [1.54, 1.807) is 21.0 Å². The summed E-state index contributed by atoms with van der Waals surface area (Å²) in [5, 5.41) is 3.95. The molecule has 0 unspecified atom stereocenters. The van der Waals surface area contributed by atoms with Gasteiger partial charge in [0.2, 0.25) is 10.0 Å². The number of aryl methyl sites for hydroxylation is 1. The van der Waals surface area contributed by atoms with Gasteiger partial charge in [-0.2, -0.15) is 9.40 Å². The third-order valence-electron chi connectivity index (χ3n) is 3.53. The Labute approximate surface area is 101 Å². The Bertz CT molecular complexity index is 531. The first kappa shape index (κ1) is 12.4. The van der Waals surface area contributed by atoms with Crippen molar-refractivity contribution in [2.24, 2.45) is 7.05 Å². The standard InChI is InChI=1S/C10H18N4O2S/c1-7-9(10(11)12-13(7)2)17(15,16)14(3)8-5-4-6-8/h8H,4-6H2,1-3H3,(H2,11,12). The fourth-order valence-electron chi connectivity index (χ4n) is 2.02. The molecule has 0 aromatic carbocycles. The van der Waals surface area contributed by atoms with Crippen molar-refractivity contribution in [3.05, 3.63) is 5.69 Å². The Morgan fingerprint density at radius 2 is 2.06 bits per heavy atom. The summed E-state index contributed by atoms with van der Waals surface area (Å²) in [6.07, 6.45) is 2.94. The second kappa shape index (κ2) is 3.99. The van der Waals surface area contributed by atoms with Crippen molar-refractivity contribution in [3.63, 3.8) is 0 Å². The zero-order valence-corrected chi connectivity index (χ0v) is 11.2. The summed E-state index contributed by atoms with van der Waals surface area (Å²) >= 11 is 0. The number of rotatable bonds is 3. The Hall–Kier alpha value is -1.08. The Kier molecular flexibility index (Phi) is 2.90. The fraction of sp³-hybridized carbons (Fsp3) is 0.700. The molecule has 0 saturated heterocycles. The number of nitrogens with two attached hydrogens (primary N) is 1. The molecule has 1 aliphatic carbocycles. The van der Waals surface area contributed by atoms with E-state index in [9.17, 15) is 8.42 Å². The van der Waals surface area contributed by atoms with E-state index in [-0.39, 0.29) is 16.8 Å². The van der Waals surface area contributed by atoms with E-state index in [2.05, 4.69) is 5.10 Å². The van der Waals surface area contributed by atoms with E-state index >= 15 is 0 Å². The molecule has 1 saturated carbocycles. The van der Waals surface area contributed by atoms with Crippen LogP contribution < -0.4 is 5.73 Å². The van der Waals surface area contributed by atoms with Crippen molar-refractivity contribution in [3.8, 4) is 0 Å². The molecule has 2 rings (SSSR count). The first-order chi connectivity index (χ1) is 7.85. The zero-order valence-electron chi connectivity index (χ0n) is 10.3. The van der Waals surface area contributed by atoms with E-state index in [0.717, 1.165) is 19.3 Å². The molecule has 1 aromatic rings. The number of sulfonamides is 1. The Balaban J connectivity index is 2.43. The van der Waals surface area contributed by atoms with Gasteiger partial charge < -0.3 is 5.73 Å². The molecule has 2 N–H and O–H groups in total. The summed E-state index contributed by atoms with van der Waals surface area (Å²) in [4.78, 5) is 0.148. The van der Waals surface area contributed by atoms with Gasteiger partial charge in [0.15, 0.2) is 5.82 Å². The predicted octanol–water partition coefficient (Wildman–Crippen LogP) is 0.484. The van der Waals surface area contributed by atoms with E-state index in [1.165, 1.54) is 8.99 Å². The summed E-state index contributed by atoms with van der Waals surface area (Å²) in [5.41, 5.74) is 6.27. The van der Waals surface area contributed by atoms with Crippen molar-refractivity contribution in [1.82, 2.24) is 14.1 Å². The second-order valence-electron chi connectivity index (χ2n) is 4.53. The van der Waals surface area contributed by atoms with Crippen LogP contribution in [0.1, 0.15) is 25.0 Å². The fourth-order valence-corrected chi connectivity index (χ4v) is 3.73. The van der Waals surface area contributed by atoms with E-state index < -0.39 is 10.0 Å². The minimum Gasteiger partial charge on any atom is -0.381 e. The molecular formula is C10H18N4O2S. The normalized spacial score (nSPS) is 17.4. The smallest absolute Gasteiger partial charge is 0.248 e. The average molecular weight is 258 g/mol. The van der Waals surface area contributed by atoms with Gasteiger partial charge in [0, 0.05) is 20.1 Å². The van der Waals surface area contributed by atoms with Crippen molar-refractivity contribution in [2.45, 2.75) is 37.1 Å². The van der Waals surface area contributed by atoms with Crippen LogP contribution >= 0.6 is 0 Å². The van der Waals surface area contributed by atoms with Crippen LogP contribution in [0.15, 0.2) is 4.90 Å². The summed E-state index contributed by atoms with van der Waals surface area (Å²) < 4.78 is 27.8. The van der Waals surface area contributed by atoms with E-state index in [1.807, 2.05) is 0 Å². The molecule has 0 radical (unpaired) electrons. The van der Waals surface area contributed by atoms with Crippen molar-refractivity contribution < 1.29 is 8.42 Å². The number of anilines is 1. The molecule has 1 fully saturated rings. The molecule has 0 aliphatic heterocycles. The molecule has 1 aromatic heterocycles. The highest BCUT2D eigenvalue weighted by Crippen LogP contribution is 2.31. The lowest BCUT2D eigenvalue weighted by molar-refractivity contribution is 0.249. The minimum absolute atomic E-state index is 0.0798. The second-order valence-corrected chi connectivity index (χ2v) is 6.46. The molecule has 17 heavy (non-hydrogen) atoms. The maximum atomic E-state index is 12.4. The van der Waals surface area contributed by atoms with Crippen LogP contribution in [0.3, 0.4) is 0 Å². The van der Waals surface area contributed by atoms with E-state index in [0.29, 0.717) is 5.69 Å². The third-order valence-corrected chi connectivity index (χ3v) is 5.61.